The summed E-state index contributed by atoms with van der Waals surface area (Å²) in [6.45, 7) is 2.96. The van der Waals surface area contributed by atoms with Crippen LogP contribution >= 0.6 is 0 Å². The molecule has 36 heavy (non-hydrogen) atoms. The first-order valence-electron chi connectivity index (χ1n) is 11.1. The number of piperazine rings is 1. The molecule has 1 fully saturated rings. The number of anilines is 2. The summed E-state index contributed by atoms with van der Waals surface area (Å²) in [5, 5.41) is 2.61. The van der Waals surface area contributed by atoms with Crippen LogP contribution in [0.5, 0.6) is 0 Å². The van der Waals surface area contributed by atoms with E-state index in [-0.39, 0.29) is 5.56 Å². The fourth-order valence-corrected chi connectivity index (χ4v) is 3.90. The lowest BCUT2D eigenvalue weighted by Gasteiger charge is -2.35. The molecule has 0 saturated carbocycles. The normalized spacial score (nSPS) is 15.1. The third kappa shape index (κ3) is 6.34. The van der Waals surface area contributed by atoms with Crippen LogP contribution in [0.3, 0.4) is 0 Å². The largest absolute Gasteiger partial charge is 0.416 e. The Morgan fingerprint density at radius 3 is 2.08 bits per heavy atom. The molecule has 0 unspecified atom stereocenters. The number of nitrogens with zero attached hydrogens (tertiary/aromatic N) is 3. The molecule has 190 valence electrons. The fourth-order valence-electron chi connectivity index (χ4n) is 3.90. The van der Waals surface area contributed by atoms with Crippen molar-refractivity contribution in [3.63, 3.8) is 0 Å². The fraction of sp³-hybridized carbons (Fsp3) is 0.280. The van der Waals surface area contributed by atoms with E-state index >= 15 is 0 Å². The predicted octanol–water partition coefficient (Wildman–Crippen LogP) is 5.69. The van der Waals surface area contributed by atoms with E-state index in [1.54, 1.807) is 18.2 Å². The van der Waals surface area contributed by atoms with Gasteiger partial charge in [0.25, 0.3) is 5.91 Å². The van der Waals surface area contributed by atoms with Gasteiger partial charge in [-0.05, 0) is 48.0 Å². The summed E-state index contributed by atoms with van der Waals surface area (Å²) in [4.78, 5) is 20.8. The average Bonchev–Trinajstić information content (AvgIpc) is 2.84. The van der Waals surface area contributed by atoms with Gasteiger partial charge in [0.1, 0.15) is 5.82 Å². The van der Waals surface area contributed by atoms with E-state index in [0.29, 0.717) is 49.8 Å². The van der Waals surface area contributed by atoms with Crippen LogP contribution in [0, 0.1) is 0 Å². The van der Waals surface area contributed by atoms with Gasteiger partial charge in [0, 0.05) is 38.3 Å². The average molecular weight is 508 g/mol. The first-order valence-corrected chi connectivity index (χ1v) is 11.1. The van der Waals surface area contributed by atoms with Crippen molar-refractivity contribution in [1.29, 1.82) is 0 Å². The van der Waals surface area contributed by atoms with Crippen LogP contribution < -0.4 is 10.2 Å². The molecule has 0 atom stereocenters. The van der Waals surface area contributed by atoms with Crippen LogP contribution in [0.4, 0.5) is 37.8 Å². The SMILES string of the molecule is O=C(Nc1ccc(N2CCN(Cc3cccc(C(F)(F)F)c3)CC2)nc1)c1ccc(C(F)(F)F)cc1. The van der Waals surface area contributed by atoms with Gasteiger partial charge in [0.2, 0.25) is 0 Å². The minimum Gasteiger partial charge on any atom is -0.354 e. The molecule has 1 aromatic heterocycles. The quantitative estimate of drug-likeness (QED) is 0.450. The second kappa shape index (κ2) is 10.2. The molecule has 11 heteroatoms. The number of nitrogens with one attached hydrogen (secondary N) is 1. The summed E-state index contributed by atoms with van der Waals surface area (Å²) in [5.74, 6) is 0.128. The molecule has 1 aliphatic rings. The summed E-state index contributed by atoms with van der Waals surface area (Å²) in [6.07, 6.45) is -7.38. The molecule has 1 aliphatic heterocycles. The zero-order valence-electron chi connectivity index (χ0n) is 18.9. The predicted molar refractivity (Wildman–Crippen MR) is 123 cm³/mol. The van der Waals surface area contributed by atoms with E-state index < -0.39 is 29.4 Å². The van der Waals surface area contributed by atoms with Crippen LogP contribution in [-0.4, -0.2) is 42.0 Å². The third-order valence-electron chi connectivity index (χ3n) is 5.84. The van der Waals surface area contributed by atoms with Crippen molar-refractivity contribution >= 4 is 17.4 Å². The summed E-state index contributed by atoms with van der Waals surface area (Å²) in [6, 6.07) is 12.6. The van der Waals surface area contributed by atoms with Gasteiger partial charge in [-0.15, -0.1) is 0 Å². The zero-order valence-corrected chi connectivity index (χ0v) is 18.9. The zero-order chi connectivity index (χ0) is 25.9. The van der Waals surface area contributed by atoms with Crippen molar-refractivity contribution in [2.45, 2.75) is 18.9 Å². The van der Waals surface area contributed by atoms with E-state index in [2.05, 4.69) is 15.2 Å². The number of amides is 1. The Kier molecular flexibility index (Phi) is 7.21. The highest BCUT2D eigenvalue weighted by Crippen LogP contribution is 2.30. The van der Waals surface area contributed by atoms with Gasteiger partial charge in [0.05, 0.1) is 23.0 Å². The molecule has 0 bridgehead atoms. The molecule has 2 heterocycles. The summed E-state index contributed by atoms with van der Waals surface area (Å²) >= 11 is 0. The molecule has 0 aliphatic carbocycles. The number of hydrogen-bond donors (Lipinski definition) is 1. The standard InChI is InChI=1S/C25H22F6N4O/c26-24(27,28)19-6-4-18(5-7-19)23(36)33-21-8-9-22(32-15-21)35-12-10-34(11-13-35)16-17-2-1-3-20(14-17)25(29,30)31/h1-9,14-15H,10-13,16H2,(H,33,36). The van der Waals surface area contributed by atoms with Crippen LogP contribution in [0.1, 0.15) is 27.0 Å². The molecule has 0 radical (unpaired) electrons. The topological polar surface area (TPSA) is 48.5 Å². The maximum atomic E-state index is 12.9. The molecular formula is C25H22F6N4O. The van der Waals surface area contributed by atoms with Gasteiger partial charge in [-0.25, -0.2) is 4.98 Å². The Balaban J connectivity index is 1.29. The minimum absolute atomic E-state index is 0.0870. The van der Waals surface area contributed by atoms with E-state index in [9.17, 15) is 31.1 Å². The van der Waals surface area contributed by atoms with Crippen LogP contribution in [0.15, 0.2) is 66.9 Å². The highest BCUT2D eigenvalue weighted by Gasteiger charge is 2.31. The first-order chi connectivity index (χ1) is 17.0. The number of carbonyl (C=O) groups excluding carboxylic acids is 1. The van der Waals surface area contributed by atoms with Crippen molar-refractivity contribution < 1.29 is 31.1 Å². The molecule has 2 aromatic carbocycles. The second-order valence-electron chi connectivity index (χ2n) is 8.40. The van der Waals surface area contributed by atoms with E-state index in [1.807, 2.05) is 4.90 Å². The lowest BCUT2D eigenvalue weighted by atomic mass is 10.1. The number of halogens is 6. The molecule has 1 N–H and O–H groups in total. The summed E-state index contributed by atoms with van der Waals surface area (Å²) in [5.41, 5.74) is -0.409. The highest BCUT2D eigenvalue weighted by molar-refractivity contribution is 6.04. The van der Waals surface area contributed by atoms with Crippen molar-refractivity contribution in [2.75, 3.05) is 36.4 Å². The Hall–Kier alpha value is -3.60. The number of alkyl halides is 6. The van der Waals surface area contributed by atoms with Crippen LogP contribution in [0.2, 0.25) is 0 Å². The second-order valence-corrected chi connectivity index (χ2v) is 8.40. The van der Waals surface area contributed by atoms with Crippen molar-refractivity contribution in [1.82, 2.24) is 9.88 Å². The van der Waals surface area contributed by atoms with Gasteiger partial charge in [-0.1, -0.05) is 18.2 Å². The van der Waals surface area contributed by atoms with Gasteiger partial charge < -0.3 is 10.2 Å². The molecule has 1 saturated heterocycles. The Bertz CT molecular complexity index is 1180. The molecule has 5 nitrogen and oxygen atoms in total. The number of aromatic nitrogens is 1. The smallest absolute Gasteiger partial charge is 0.354 e. The number of hydrogen-bond acceptors (Lipinski definition) is 4. The molecule has 1 amide bonds. The highest BCUT2D eigenvalue weighted by atomic mass is 19.4. The van der Waals surface area contributed by atoms with Crippen molar-refractivity contribution in [2.24, 2.45) is 0 Å². The number of rotatable bonds is 5. The first kappa shape index (κ1) is 25.5. The Morgan fingerprint density at radius 2 is 1.50 bits per heavy atom. The van der Waals surface area contributed by atoms with Gasteiger partial charge in [-0.3, -0.25) is 9.69 Å². The molecule has 4 rings (SSSR count). The van der Waals surface area contributed by atoms with Crippen LogP contribution in [-0.2, 0) is 18.9 Å². The molecule has 0 spiro atoms. The summed E-state index contributed by atoms with van der Waals surface area (Å²) in [7, 11) is 0. The van der Waals surface area contributed by atoms with Crippen LogP contribution in [0.25, 0.3) is 0 Å². The number of benzene rings is 2. The van der Waals surface area contributed by atoms with E-state index in [0.717, 1.165) is 30.3 Å². The van der Waals surface area contributed by atoms with Gasteiger partial charge in [0.15, 0.2) is 0 Å². The molecule has 3 aromatic rings. The Morgan fingerprint density at radius 1 is 0.833 bits per heavy atom. The van der Waals surface area contributed by atoms with Gasteiger partial charge in [-0.2, -0.15) is 26.3 Å². The minimum atomic E-state index is -4.47. The third-order valence-corrected chi connectivity index (χ3v) is 5.84. The maximum absolute atomic E-state index is 12.9. The molecular weight excluding hydrogens is 486 g/mol. The Labute approximate surface area is 203 Å². The van der Waals surface area contributed by atoms with Gasteiger partial charge >= 0.3 is 12.4 Å². The lowest BCUT2D eigenvalue weighted by Crippen LogP contribution is -2.46. The van der Waals surface area contributed by atoms with E-state index in [1.165, 1.54) is 18.3 Å². The van der Waals surface area contributed by atoms with Crippen molar-refractivity contribution in [3.8, 4) is 0 Å². The lowest BCUT2D eigenvalue weighted by molar-refractivity contribution is -0.138. The van der Waals surface area contributed by atoms with Crippen molar-refractivity contribution in [3.05, 3.63) is 89.1 Å². The monoisotopic (exact) mass is 508 g/mol. The number of pyridine rings is 1. The van der Waals surface area contributed by atoms with E-state index in [4.69, 9.17) is 0 Å². The maximum Gasteiger partial charge on any atom is 0.416 e. The number of carbonyl (C=O) groups is 1. The summed E-state index contributed by atoms with van der Waals surface area (Å²) < 4.78 is 76.8.